The number of amides is 1. The number of aliphatic hydroxyl groups excluding tert-OH is 1. The molecule has 1 atom stereocenters. The largest absolute Gasteiger partial charge is 0.484 e. The van der Waals surface area contributed by atoms with Gasteiger partial charge in [0.1, 0.15) is 11.6 Å². The minimum absolute atomic E-state index is 0.00891. The highest BCUT2D eigenvalue weighted by atomic mass is 19.1. The summed E-state index contributed by atoms with van der Waals surface area (Å²) >= 11 is 0. The van der Waals surface area contributed by atoms with Gasteiger partial charge in [0, 0.05) is 12.6 Å². The number of carbonyl (C=O) groups excluding carboxylic acids is 1. The first-order valence-electron chi connectivity index (χ1n) is 7.97. The third-order valence-corrected chi connectivity index (χ3v) is 4.19. The number of halogens is 1. The van der Waals surface area contributed by atoms with E-state index in [1.165, 1.54) is 43.5 Å². The number of rotatable bonds is 7. The van der Waals surface area contributed by atoms with Gasteiger partial charge in [-0.1, -0.05) is 19.3 Å². The maximum atomic E-state index is 12.8. The summed E-state index contributed by atoms with van der Waals surface area (Å²) in [6.45, 7) is -0.0272. The summed E-state index contributed by atoms with van der Waals surface area (Å²) < 4.78 is 18.1. The maximum Gasteiger partial charge on any atom is 0.258 e. The molecule has 1 saturated carbocycles. The molecular formula is C17H24FNO3. The molecule has 0 radical (unpaired) electrons. The van der Waals surface area contributed by atoms with Gasteiger partial charge in [0.25, 0.3) is 5.91 Å². The Morgan fingerprint density at radius 1 is 1.27 bits per heavy atom. The third-order valence-electron chi connectivity index (χ3n) is 4.19. The van der Waals surface area contributed by atoms with Crippen molar-refractivity contribution in [1.29, 1.82) is 0 Å². The Kier molecular flexibility index (Phi) is 6.65. The van der Waals surface area contributed by atoms with Gasteiger partial charge >= 0.3 is 0 Å². The fourth-order valence-electron chi connectivity index (χ4n) is 3.03. The average molecular weight is 309 g/mol. The van der Waals surface area contributed by atoms with Crippen molar-refractivity contribution in [3.8, 4) is 5.75 Å². The number of benzene rings is 1. The quantitative estimate of drug-likeness (QED) is 0.814. The van der Waals surface area contributed by atoms with Crippen LogP contribution >= 0.6 is 0 Å². The Hall–Kier alpha value is -1.62. The molecule has 2 rings (SSSR count). The highest BCUT2D eigenvalue weighted by molar-refractivity contribution is 5.77. The summed E-state index contributed by atoms with van der Waals surface area (Å²) in [5.41, 5.74) is 0. The van der Waals surface area contributed by atoms with Crippen LogP contribution in [0.5, 0.6) is 5.75 Å². The summed E-state index contributed by atoms with van der Waals surface area (Å²) in [4.78, 5) is 12.0. The van der Waals surface area contributed by atoms with E-state index in [0.29, 0.717) is 18.1 Å². The molecule has 5 heteroatoms. The second kappa shape index (κ2) is 8.73. The number of nitrogens with one attached hydrogen (secondary N) is 1. The minimum atomic E-state index is -0.336. The molecule has 1 unspecified atom stereocenters. The minimum Gasteiger partial charge on any atom is -0.484 e. The van der Waals surface area contributed by atoms with Gasteiger partial charge < -0.3 is 15.2 Å². The van der Waals surface area contributed by atoms with Gasteiger partial charge in [-0.25, -0.2) is 4.39 Å². The Balaban J connectivity index is 1.80. The summed E-state index contributed by atoms with van der Waals surface area (Å²) in [6, 6.07) is 5.59. The highest BCUT2D eigenvalue weighted by Crippen LogP contribution is 2.27. The zero-order chi connectivity index (χ0) is 15.8. The van der Waals surface area contributed by atoms with E-state index in [1.54, 1.807) is 0 Å². The molecule has 1 aliphatic rings. The van der Waals surface area contributed by atoms with Gasteiger partial charge in [0.15, 0.2) is 6.61 Å². The van der Waals surface area contributed by atoms with E-state index in [1.807, 2.05) is 0 Å². The molecular weight excluding hydrogens is 285 g/mol. The van der Waals surface area contributed by atoms with Crippen LogP contribution in [0.3, 0.4) is 0 Å². The van der Waals surface area contributed by atoms with Crippen LogP contribution in [0.25, 0.3) is 0 Å². The molecule has 0 heterocycles. The number of carbonyl (C=O) groups is 1. The molecule has 22 heavy (non-hydrogen) atoms. The molecule has 2 N–H and O–H groups in total. The number of hydrogen-bond donors (Lipinski definition) is 2. The molecule has 1 aromatic rings. The Morgan fingerprint density at radius 3 is 2.59 bits per heavy atom. The average Bonchev–Trinajstić information content (AvgIpc) is 2.55. The highest BCUT2D eigenvalue weighted by Gasteiger charge is 2.24. The smallest absolute Gasteiger partial charge is 0.258 e. The van der Waals surface area contributed by atoms with Crippen molar-refractivity contribution in [3.05, 3.63) is 30.1 Å². The van der Waals surface area contributed by atoms with Crippen LogP contribution in [0.1, 0.15) is 38.5 Å². The van der Waals surface area contributed by atoms with E-state index in [-0.39, 0.29) is 31.0 Å². The Labute approximate surface area is 130 Å². The van der Waals surface area contributed by atoms with Gasteiger partial charge in [-0.05, 0) is 49.4 Å². The standard InChI is InChI=1S/C17H24FNO3/c18-14-6-8-15(9-7-14)22-12-17(21)19-16(10-11-20)13-4-2-1-3-5-13/h6-9,13,16,20H,1-5,10-12H2,(H,19,21). The topological polar surface area (TPSA) is 58.6 Å². The van der Waals surface area contributed by atoms with E-state index >= 15 is 0 Å². The van der Waals surface area contributed by atoms with Gasteiger partial charge in [-0.15, -0.1) is 0 Å². The molecule has 122 valence electrons. The first-order valence-corrected chi connectivity index (χ1v) is 7.97. The van der Waals surface area contributed by atoms with Crippen LogP contribution in [-0.4, -0.2) is 30.3 Å². The first-order chi connectivity index (χ1) is 10.7. The molecule has 1 aliphatic carbocycles. The van der Waals surface area contributed by atoms with Crippen molar-refractivity contribution < 1.29 is 19.0 Å². The van der Waals surface area contributed by atoms with Crippen LogP contribution < -0.4 is 10.1 Å². The van der Waals surface area contributed by atoms with Crippen molar-refractivity contribution in [1.82, 2.24) is 5.32 Å². The summed E-state index contributed by atoms with van der Waals surface area (Å²) in [5, 5.41) is 12.2. The van der Waals surface area contributed by atoms with E-state index in [4.69, 9.17) is 4.74 Å². The van der Waals surface area contributed by atoms with Gasteiger partial charge in [0.05, 0.1) is 0 Å². The lowest BCUT2D eigenvalue weighted by Gasteiger charge is -2.30. The molecule has 1 amide bonds. The van der Waals surface area contributed by atoms with Crippen LogP contribution in [0.4, 0.5) is 4.39 Å². The van der Waals surface area contributed by atoms with E-state index < -0.39 is 0 Å². The van der Waals surface area contributed by atoms with E-state index in [0.717, 1.165) is 12.8 Å². The maximum absolute atomic E-state index is 12.8. The zero-order valence-corrected chi connectivity index (χ0v) is 12.8. The predicted molar refractivity (Wildman–Crippen MR) is 82.1 cm³/mol. The number of aliphatic hydroxyl groups is 1. The third kappa shape index (κ3) is 5.30. The Morgan fingerprint density at radius 2 is 1.95 bits per heavy atom. The molecule has 1 fully saturated rings. The van der Waals surface area contributed by atoms with Gasteiger partial charge in [-0.2, -0.15) is 0 Å². The molecule has 0 spiro atoms. The second-order valence-electron chi connectivity index (χ2n) is 5.83. The van der Waals surface area contributed by atoms with Crippen LogP contribution in [-0.2, 0) is 4.79 Å². The van der Waals surface area contributed by atoms with Crippen LogP contribution in [0.15, 0.2) is 24.3 Å². The monoisotopic (exact) mass is 309 g/mol. The summed E-state index contributed by atoms with van der Waals surface area (Å²) in [6.07, 6.45) is 6.41. The molecule has 0 aromatic heterocycles. The van der Waals surface area contributed by atoms with E-state index in [9.17, 15) is 14.3 Å². The van der Waals surface area contributed by atoms with E-state index in [2.05, 4.69) is 5.32 Å². The Bertz CT molecular complexity index is 457. The molecule has 0 bridgehead atoms. The lowest BCUT2D eigenvalue weighted by atomic mass is 9.83. The molecule has 1 aromatic carbocycles. The zero-order valence-electron chi connectivity index (χ0n) is 12.8. The fourth-order valence-corrected chi connectivity index (χ4v) is 3.03. The molecule has 0 saturated heterocycles. The summed E-state index contributed by atoms with van der Waals surface area (Å²) in [5.74, 6) is 0.369. The van der Waals surface area contributed by atoms with Crippen molar-refractivity contribution in [3.63, 3.8) is 0 Å². The predicted octanol–water partition coefficient (Wildman–Crippen LogP) is 2.65. The molecule has 4 nitrogen and oxygen atoms in total. The van der Waals surface area contributed by atoms with Crippen LogP contribution in [0.2, 0.25) is 0 Å². The van der Waals surface area contributed by atoms with Gasteiger partial charge in [0.2, 0.25) is 0 Å². The SMILES string of the molecule is O=C(COc1ccc(F)cc1)NC(CCO)C1CCCCC1. The van der Waals surface area contributed by atoms with Crippen molar-refractivity contribution in [2.24, 2.45) is 5.92 Å². The number of ether oxygens (including phenoxy) is 1. The first kappa shape index (κ1) is 16.7. The van der Waals surface area contributed by atoms with Crippen LogP contribution in [0, 0.1) is 11.7 Å². The lowest BCUT2D eigenvalue weighted by molar-refractivity contribution is -0.124. The van der Waals surface area contributed by atoms with Crippen molar-refractivity contribution in [2.45, 2.75) is 44.6 Å². The van der Waals surface area contributed by atoms with Gasteiger partial charge in [-0.3, -0.25) is 4.79 Å². The van der Waals surface area contributed by atoms with Crippen molar-refractivity contribution >= 4 is 5.91 Å². The van der Waals surface area contributed by atoms with Crippen molar-refractivity contribution in [2.75, 3.05) is 13.2 Å². The number of hydrogen-bond acceptors (Lipinski definition) is 3. The second-order valence-corrected chi connectivity index (χ2v) is 5.83. The fraction of sp³-hybridized carbons (Fsp3) is 0.588. The lowest BCUT2D eigenvalue weighted by Crippen LogP contribution is -2.43. The summed E-state index contributed by atoms with van der Waals surface area (Å²) in [7, 11) is 0. The molecule has 0 aliphatic heterocycles. The normalized spacial score (nSPS) is 17.0.